The number of carbonyl (C=O) groups is 1. The van der Waals surface area contributed by atoms with Gasteiger partial charge in [0.15, 0.2) is 11.5 Å². The van der Waals surface area contributed by atoms with Crippen molar-refractivity contribution in [3.8, 4) is 11.5 Å². The van der Waals surface area contributed by atoms with Gasteiger partial charge in [0.2, 0.25) is 12.7 Å². The number of anilines is 1. The monoisotopic (exact) mass is 408 g/mol. The second-order valence-corrected chi connectivity index (χ2v) is 8.44. The number of piperidine rings is 1. The summed E-state index contributed by atoms with van der Waals surface area (Å²) in [6, 6.07) is 6.35. The lowest BCUT2D eigenvalue weighted by Crippen LogP contribution is -2.47. The highest BCUT2D eigenvalue weighted by Crippen LogP contribution is 2.34. The lowest BCUT2D eigenvalue weighted by Gasteiger charge is -2.37. The van der Waals surface area contributed by atoms with E-state index in [-0.39, 0.29) is 18.6 Å². The number of aromatic nitrogens is 2. The standard InChI is InChI=1S/C23H28N4O3/c28-23(18-4-3-11-26(15-18)22-13-24-9-10-25-22)27(19-5-1-2-6-19)14-17-7-8-20-21(12-17)30-16-29-20/h7-10,12-13,18-19H,1-6,11,14-16H2/t18-/m1/s1. The predicted octanol–water partition coefficient (Wildman–Crippen LogP) is 3.39. The molecule has 30 heavy (non-hydrogen) atoms. The molecule has 0 bridgehead atoms. The number of fused-ring (bicyclic) bond motifs is 1. The zero-order chi connectivity index (χ0) is 20.3. The summed E-state index contributed by atoms with van der Waals surface area (Å²) in [4.78, 5) is 26.7. The van der Waals surface area contributed by atoms with Gasteiger partial charge in [-0.1, -0.05) is 18.9 Å². The van der Waals surface area contributed by atoms with Crippen LogP contribution in [0.2, 0.25) is 0 Å². The summed E-state index contributed by atoms with van der Waals surface area (Å²) in [6.45, 7) is 2.53. The van der Waals surface area contributed by atoms with Gasteiger partial charge in [0.25, 0.3) is 0 Å². The summed E-state index contributed by atoms with van der Waals surface area (Å²) >= 11 is 0. The number of hydrogen-bond acceptors (Lipinski definition) is 6. The molecule has 0 spiro atoms. The van der Waals surface area contributed by atoms with Gasteiger partial charge in [-0.25, -0.2) is 4.98 Å². The lowest BCUT2D eigenvalue weighted by molar-refractivity contribution is -0.138. The van der Waals surface area contributed by atoms with Crippen molar-refractivity contribution in [1.29, 1.82) is 0 Å². The summed E-state index contributed by atoms with van der Waals surface area (Å²) in [5.41, 5.74) is 1.10. The Morgan fingerprint density at radius 3 is 2.80 bits per heavy atom. The van der Waals surface area contributed by atoms with Crippen molar-refractivity contribution in [1.82, 2.24) is 14.9 Å². The van der Waals surface area contributed by atoms with Crippen molar-refractivity contribution >= 4 is 11.7 Å². The van der Waals surface area contributed by atoms with E-state index in [0.29, 0.717) is 19.1 Å². The average molecular weight is 409 g/mol. The molecule has 2 fully saturated rings. The third kappa shape index (κ3) is 3.93. The molecular weight excluding hydrogens is 380 g/mol. The molecule has 3 heterocycles. The molecule has 1 saturated heterocycles. The van der Waals surface area contributed by atoms with Crippen molar-refractivity contribution in [3.05, 3.63) is 42.4 Å². The Balaban J connectivity index is 1.34. The van der Waals surface area contributed by atoms with E-state index in [1.807, 2.05) is 12.1 Å². The third-order valence-corrected chi connectivity index (χ3v) is 6.48. The fraction of sp³-hybridized carbons (Fsp3) is 0.522. The molecule has 1 aromatic carbocycles. The van der Waals surface area contributed by atoms with Crippen molar-refractivity contribution in [2.75, 3.05) is 24.8 Å². The normalized spacial score (nSPS) is 21.1. The molecule has 0 N–H and O–H groups in total. The molecule has 2 aliphatic heterocycles. The van der Waals surface area contributed by atoms with Gasteiger partial charge in [-0.3, -0.25) is 9.78 Å². The smallest absolute Gasteiger partial charge is 0.231 e. The van der Waals surface area contributed by atoms with Gasteiger partial charge in [-0.05, 0) is 43.4 Å². The molecule has 7 heteroatoms. The van der Waals surface area contributed by atoms with Crippen LogP contribution in [0.5, 0.6) is 11.5 Å². The van der Waals surface area contributed by atoms with Crippen molar-refractivity contribution in [3.63, 3.8) is 0 Å². The maximum absolute atomic E-state index is 13.7. The van der Waals surface area contributed by atoms with Crippen LogP contribution in [0.15, 0.2) is 36.8 Å². The van der Waals surface area contributed by atoms with Gasteiger partial charge in [-0.15, -0.1) is 0 Å². The highest BCUT2D eigenvalue weighted by Gasteiger charge is 2.34. The fourth-order valence-corrected chi connectivity index (χ4v) is 4.91. The minimum absolute atomic E-state index is 0.00429. The molecule has 1 aliphatic carbocycles. The molecule has 0 unspecified atom stereocenters. The van der Waals surface area contributed by atoms with Crippen LogP contribution in [0.1, 0.15) is 44.1 Å². The molecule has 2 aromatic rings. The van der Waals surface area contributed by atoms with E-state index in [2.05, 4.69) is 25.8 Å². The molecule has 158 valence electrons. The summed E-state index contributed by atoms with van der Waals surface area (Å²) < 4.78 is 11.0. The van der Waals surface area contributed by atoms with E-state index in [0.717, 1.165) is 55.1 Å². The van der Waals surface area contributed by atoms with Gasteiger partial charge in [-0.2, -0.15) is 0 Å². The Hall–Kier alpha value is -2.83. The van der Waals surface area contributed by atoms with Crippen LogP contribution in [0, 0.1) is 5.92 Å². The van der Waals surface area contributed by atoms with E-state index in [4.69, 9.17) is 9.47 Å². The highest BCUT2D eigenvalue weighted by molar-refractivity contribution is 5.80. The molecule has 3 aliphatic rings. The molecule has 1 aromatic heterocycles. The van der Waals surface area contributed by atoms with Crippen LogP contribution in [0.3, 0.4) is 0 Å². The largest absolute Gasteiger partial charge is 0.454 e. The number of rotatable bonds is 5. The molecule has 5 rings (SSSR count). The Morgan fingerprint density at radius 2 is 1.97 bits per heavy atom. The van der Waals surface area contributed by atoms with E-state index in [9.17, 15) is 4.79 Å². The molecule has 1 atom stereocenters. The Morgan fingerprint density at radius 1 is 1.10 bits per heavy atom. The Bertz CT molecular complexity index is 885. The summed E-state index contributed by atoms with van der Waals surface area (Å²) in [7, 11) is 0. The second kappa shape index (κ2) is 8.50. The first kappa shape index (κ1) is 19.2. The van der Waals surface area contributed by atoms with Crippen LogP contribution in [-0.4, -0.2) is 46.7 Å². The number of nitrogens with zero attached hydrogens (tertiary/aromatic N) is 4. The maximum Gasteiger partial charge on any atom is 0.231 e. The number of ether oxygens (including phenoxy) is 2. The van der Waals surface area contributed by atoms with Crippen LogP contribution in [0.25, 0.3) is 0 Å². The minimum atomic E-state index is -0.00429. The first-order valence-corrected chi connectivity index (χ1v) is 11.0. The summed E-state index contributed by atoms with van der Waals surface area (Å²) in [6.07, 6.45) is 11.7. The second-order valence-electron chi connectivity index (χ2n) is 8.44. The van der Waals surface area contributed by atoms with E-state index in [1.54, 1.807) is 18.6 Å². The van der Waals surface area contributed by atoms with Crippen LogP contribution >= 0.6 is 0 Å². The van der Waals surface area contributed by atoms with Gasteiger partial charge in [0, 0.05) is 38.1 Å². The SMILES string of the molecule is O=C([C@@H]1CCCN(c2cnccn2)C1)N(Cc1ccc2c(c1)OCO2)C1CCCC1. The first-order chi connectivity index (χ1) is 14.8. The highest BCUT2D eigenvalue weighted by atomic mass is 16.7. The number of hydrogen-bond donors (Lipinski definition) is 0. The van der Waals surface area contributed by atoms with Gasteiger partial charge < -0.3 is 19.3 Å². The van der Waals surface area contributed by atoms with Crippen LogP contribution in [-0.2, 0) is 11.3 Å². The lowest BCUT2D eigenvalue weighted by atomic mass is 9.95. The van der Waals surface area contributed by atoms with Gasteiger partial charge in [0.1, 0.15) is 5.82 Å². The van der Waals surface area contributed by atoms with E-state index >= 15 is 0 Å². The van der Waals surface area contributed by atoms with Gasteiger partial charge >= 0.3 is 0 Å². The quantitative estimate of drug-likeness (QED) is 0.755. The minimum Gasteiger partial charge on any atom is -0.454 e. The fourth-order valence-electron chi connectivity index (χ4n) is 4.91. The summed E-state index contributed by atoms with van der Waals surface area (Å²) in [5, 5.41) is 0. The predicted molar refractivity (Wildman–Crippen MR) is 112 cm³/mol. The number of carbonyl (C=O) groups excluding carboxylic acids is 1. The van der Waals surface area contributed by atoms with Gasteiger partial charge in [0.05, 0.1) is 12.1 Å². The van der Waals surface area contributed by atoms with E-state index < -0.39 is 0 Å². The topological polar surface area (TPSA) is 67.8 Å². The molecule has 1 amide bonds. The van der Waals surface area contributed by atoms with Crippen molar-refractivity contribution < 1.29 is 14.3 Å². The molecule has 0 radical (unpaired) electrons. The zero-order valence-corrected chi connectivity index (χ0v) is 17.2. The van der Waals surface area contributed by atoms with E-state index in [1.165, 1.54) is 12.8 Å². The Kier molecular flexibility index (Phi) is 5.43. The van der Waals surface area contributed by atoms with Crippen LogP contribution < -0.4 is 14.4 Å². The number of amides is 1. The first-order valence-electron chi connectivity index (χ1n) is 11.0. The van der Waals surface area contributed by atoms with Crippen molar-refractivity contribution in [2.45, 2.75) is 51.1 Å². The van der Waals surface area contributed by atoms with Crippen molar-refractivity contribution in [2.24, 2.45) is 5.92 Å². The zero-order valence-electron chi connectivity index (χ0n) is 17.2. The van der Waals surface area contributed by atoms with Crippen LogP contribution in [0.4, 0.5) is 5.82 Å². The molecular formula is C23H28N4O3. The maximum atomic E-state index is 13.7. The third-order valence-electron chi connectivity index (χ3n) is 6.48. The number of benzene rings is 1. The molecule has 7 nitrogen and oxygen atoms in total. The Labute approximate surface area is 177 Å². The average Bonchev–Trinajstić information content (AvgIpc) is 3.49. The molecule has 1 saturated carbocycles. The summed E-state index contributed by atoms with van der Waals surface area (Å²) in [5.74, 6) is 2.68.